The van der Waals surface area contributed by atoms with Gasteiger partial charge >= 0.3 is 5.97 Å². The first kappa shape index (κ1) is 20.1. The number of esters is 1. The summed E-state index contributed by atoms with van der Waals surface area (Å²) in [5.41, 5.74) is 1.16. The Morgan fingerprint density at radius 3 is 2.71 bits per heavy atom. The van der Waals surface area contributed by atoms with Crippen molar-refractivity contribution in [2.75, 3.05) is 13.7 Å². The molecule has 1 heterocycles. The summed E-state index contributed by atoms with van der Waals surface area (Å²) < 4.78 is 13.1. The Hall–Kier alpha value is -2.64. The first-order valence-corrected chi connectivity index (χ1v) is 9.89. The molecule has 3 aromatic rings. The molecule has 2 aromatic carbocycles. The van der Waals surface area contributed by atoms with Gasteiger partial charge in [-0.05, 0) is 31.2 Å². The van der Waals surface area contributed by atoms with E-state index in [0.29, 0.717) is 34.3 Å². The lowest BCUT2D eigenvalue weighted by Gasteiger charge is -2.06. The third kappa shape index (κ3) is 4.43. The molecule has 6 nitrogen and oxygen atoms in total. The number of rotatable bonds is 6. The largest absolute Gasteiger partial charge is 0.497 e. The van der Waals surface area contributed by atoms with Crippen molar-refractivity contribution in [3.05, 3.63) is 57.9 Å². The molecule has 0 aliphatic heterocycles. The van der Waals surface area contributed by atoms with Gasteiger partial charge in [0.15, 0.2) is 4.80 Å². The quantitative estimate of drug-likeness (QED) is 0.566. The number of nitrogens with zero attached hydrogens (tertiary/aromatic N) is 2. The summed E-state index contributed by atoms with van der Waals surface area (Å²) in [6.07, 6.45) is 0.171. The molecule has 1 amide bonds. The second-order valence-corrected chi connectivity index (χ2v) is 7.24. The molecule has 0 aliphatic carbocycles. The Bertz CT molecular complexity index is 1090. The standard InChI is InChI=1S/C20H19ClN2O4S/c1-3-27-18(24)10-11-23-16-12-13(26-2)8-9-17(16)28-20(23)22-19(25)14-6-4-5-7-15(14)21/h4-9,12H,3,10-11H2,1-2H3. The fourth-order valence-electron chi connectivity index (χ4n) is 2.70. The number of halogens is 1. The van der Waals surface area contributed by atoms with Crippen molar-refractivity contribution in [1.29, 1.82) is 0 Å². The van der Waals surface area contributed by atoms with Gasteiger partial charge in [-0.15, -0.1) is 0 Å². The van der Waals surface area contributed by atoms with E-state index in [4.69, 9.17) is 21.1 Å². The van der Waals surface area contributed by atoms with E-state index in [1.165, 1.54) is 11.3 Å². The minimum absolute atomic E-state index is 0.171. The van der Waals surface area contributed by atoms with Gasteiger partial charge in [0.05, 0.1) is 40.9 Å². The Balaban J connectivity index is 2.07. The number of aryl methyl sites for hydroxylation is 1. The molecule has 0 N–H and O–H groups in total. The number of methoxy groups -OCH3 is 1. The molecular weight excluding hydrogens is 400 g/mol. The lowest BCUT2D eigenvalue weighted by molar-refractivity contribution is -0.143. The highest BCUT2D eigenvalue weighted by atomic mass is 35.5. The van der Waals surface area contributed by atoms with Gasteiger partial charge in [0.2, 0.25) is 0 Å². The highest BCUT2D eigenvalue weighted by molar-refractivity contribution is 7.16. The van der Waals surface area contributed by atoms with E-state index < -0.39 is 5.91 Å². The summed E-state index contributed by atoms with van der Waals surface area (Å²) in [5.74, 6) is -0.0613. The van der Waals surface area contributed by atoms with E-state index in [0.717, 1.165) is 10.2 Å². The van der Waals surface area contributed by atoms with Gasteiger partial charge in [0.25, 0.3) is 5.91 Å². The van der Waals surface area contributed by atoms with Crippen LogP contribution >= 0.6 is 22.9 Å². The van der Waals surface area contributed by atoms with Gasteiger partial charge in [0, 0.05) is 12.6 Å². The number of benzene rings is 2. The zero-order valence-electron chi connectivity index (χ0n) is 15.5. The molecule has 0 aliphatic rings. The lowest BCUT2D eigenvalue weighted by Crippen LogP contribution is -2.19. The molecule has 0 bridgehead atoms. The molecule has 0 radical (unpaired) electrons. The van der Waals surface area contributed by atoms with Crippen LogP contribution in [0.4, 0.5) is 0 Å². The number of thiazole rings is 1. The predicted octanol–water partition coefficient (Wildman–Crippen LogP) is 4.06. The van der Waals surface area contributed by atoms with Crippen LogP contribution in [0.1, 0.15) is 23.7 Å². The van der Waals surface area contributed by atoms with Crippen LogP contribution in [0.15, 0.2) is 47.5 Å². The van der Waals surface area contributed by atoms with Crippen molar-refractivity contribution in [2.45, 2.75) is 19.9 Å². The highest BCUT2D eigenvalue weighted by Gasteiger charge is 2.13. The summed E-state index contributed by atoms with van der Waals surface area (Å²) >= 11 is 7.48. The zero-order valence-corrected chi connectivity index (χ0v) is 17.0. The minimum atomic E-state index is -0.436. The van der Waals surface area contributed by atoms with Crippen molar-refractivity contribution in [3.8, 4) is 5.75 Å². The van der Waals surface area contributed by atoms with Crippen molar-refractivity contribution < 1.29 is 19.1 Å². The van der Waals surface area contributed by atoms with Gasteiger partial charge in [-0.25, -0.2) is 0 Å². The number of aromatic nitrogens is 1. The number of carbonyl (C=O) groups is 2. The predicted molar refractivity (Wildman–Crippen MR) is 109 cm³/mol. The Kier molecular flexibility index (Phi) is 6.49. The van der Waals surface area contributed by atoms with E-state index in [2.05, 4.69) is 4.99 Å². The highest BCUT2D eigenvalue weighted by Crippen LogP contribution is 2.23. The van der Waals surface area contributed by atoms with Gasteiger partial charge in [-0.2, -0.15) is 4.99 Å². The van der Waals surface area contributed by atoms with Crippen molar-refractivity contribution in [2.24, 2.45) is 4.99 Å². The van der Waals surface area contributed by atoms with Crippen LogP contribution < -0.4 is 9.54 Å². The fourth-order valence-corrected chi connectivity index (χ4v) is 3.95. The minimum Gasteiger partial charge on any atom is -0.497 e. The molecule has 0 saturated heterocycles. The molecule has 3 rings (SSSR count). The first-order chi connectivity index (χ1) is 13.5. The summed E-state index contributed by atoms with van der Waals surface area (Å²) in [7, 11) is 1.59. The maximum atomic E-state index is 12.7. The normalized spacial score (nSPS) is 11.6. The number of hydrogen-bond donors (Lipinski definition) is 0. The molecule has 1 aromatic heterocycles. The molecule has 0 unspecified atom stereocenters. The van der Waals surface area contributed by atoms with Crippen LogP contribution in [0.2, 0.25) is 5.02 Å². The fraction of sp³-hybridized carbons (Fsp3) is 0.250. The van der Waals surface area contributed by atoms with Crippen LogP contribution in [0.25, 0.3) is 10.2 Å². The summed E-state index contributed by atoms with van der Waals surface area (Å²) in [6, 6.07) is 12.4. The Morgan fingerprint density at radius 2 is 2.00 bits per heavy atom. The van der Waals surface area contributed by atoms with E-state index >= 15 is 0 Å². The second-order valence-electron chi connectivity index (χ2n) is 5.82. The number of hydrogen-bond acceptors (Lipinski definition) is 5. The molecular formula is C20H19ClN2O4S. The topological polar surface area (TPSA) is 69.9 Å². The number of ether oxygens (including phenoxy) is 2. The van der Waals surface area contributed by atoms with Gasteiger partial charge in [0.1, 0.15) is 5.75 Å². The molecule has 8 heteroatoms. The van der Waals surface area contributed by atoms with Gasteiger partial charge in [-0.3, -0.25) is 9.59 Å². The molecule has 0 spiro atoms. The number of amides is 1. The first-order valence-electron chi connectivity index (χ1n) is 8.70. The Labute approximate surface area is 171 Å². The van der Waals surface area contributed by atoms with E-state index in [9.17, 15) is 9.59 Å². The summed E-state index contributed by atoms with van der Waals surface area (Å²) in [6.45, 7) is 2.42. The number of fused-ring (bicyclic) bond motifs is 1. The van der Waals surface area contributed by atoms with Crippen molar-refractivity contribution in [3.63, 3.8) is 0 Å². The average Bonchev–Trinajstić information content (AvgIpc) is 3.02. The zero-order chi connectivity index (χ0) is 20.1. The smallest absolute Gasteiger partial charge is 0.307 e. The lowest BCUT2D eigenvalue weighted by atomic mass is 10.2. The van der Waals surface area contributed by atoms with Crippen molar-refractivity contribution >= 4 is 45.0 Å². The van der Waals surface area contributed by atoms with Crippen LogP contribution in [0, 0.1) is 0 Å². The second kappa shape index (κ2) is 9.03. The maximum Gasteiger partial charge on any atom is 0.307 e. The van der Waals surface area contributed by atoms with E-state index in [1.807, 2.05) is 22.8 Å². The SMILES string of the molecule is CCOC(=O)CCn1c(=NC(=O)c2ccccc2Cl)sc2ccc(OC)cc21. The van der Waals surface area contributed by atoms with Crippen LogP contribution in [-0.4, -0.2) is 30.2 Å². The number of carbonyl (C=O) groups excluding carboxylic acids is 2. The van der Waals surface area contributed by atoms with Gasteiger partial charge < -0.3 is 14.0 Å². The average molecular weight is 419 g/mol. The third-order valence-corrected chi connectivity index (χ3v) is 5.42. The Morgan fingerprint density at radius 1 is 1.21 bits per heavy atom. The van der Waals surface area contributed by atoms with Crippen LogP contribution in [0.3, 0.4) is 0 Å². The van der Waals surface area contributed by atoms with E-state index in [-0.39, 0.29) is 12.4 Å². The third-order valence-electron chi connectivity index (χ3n) is 4.04. The molecule has 0 atom stereocenters. The molecule has 146 valence electrons. The van der Waals surface area contributed by atoms with Crippen LogP contribution in [0.5, 0.6) is 5.75 Å². The van der Waals surface area contributed by atoms with Gasteiger partial charge in [-0.1, -0.05) is 35.1 Å². The molecule has 0 fully saturated rings. The van der Waals surface area contributed by atoms with E-state index in [1.54, 1.807) is 38.3 Å². The summed E-state index contributed by atoms with van der Waals surface area (Å²) in [5, 5.41) is 0.345. The van der Waals surface area contributed by atoms with Crippen LogP contribution in [-0.2, 0) is 16.1 Å². The molecule has 28 heavy (non-hydrogen) atoms. The summed E-state index contributed by atoms with van der Waals surface area (Å²) in [4.78, 5) is 29.2. The molecule has 0 saturated carbocycles. The van der Waals surface area contributed by atoms with Crippen molar-refractivity contribution in [1.82, 2.24) is 4.57 Å². The monoisotopic (exact) mass is 418 g/mol. The maximum absolute atomic E-state index is 12.7.